The molecule has 3 rings (SSSR count). The van der Waals surface area contributed by atoms with E-state index in [4.69, 9.17) is 13.9 Å². The number of hydrogen-bond donors (Lipinski definition) is 1. The number of ether oxygens (including phenoxy) is 2. The van der Waals surface area contributed by atoms with Gasteiger partial charge in [0.15, 0.2) is 5.76 Å². The monoisotopic (exact) mass is 407 g/mol. The molecule has 0 spiro atoms. The van der Waals surface area contributed by atoms with E-state index in [2.05, 4.69) is 5.32 Å². The van der Waals surface area contributed by atoms with Gasteiger partial charge in [-0.2, -0.15) is 0 Å². The molecular weight excluding hydrogens is 382 g/mol. The van der Waals surface area contributed by atoms with Gasteiger partial charge >= 0.3 is 0 Å². The molecule has 0 saturated heterocycles. The van der Waals surface area contributed by atoms with Crippen molar-refractivity contribution in [2.24, 2.45) is 5.92 Å². The van der Waals surface area contributed by atoms with Crippen LogP contribution in [-0.4, -0.2) is 13.0 Å². The van der Waals surface area contributed by atoms with Gasteiger partial charge in [0.25, 0.3) is 5.91 Å². The van der Waals surface area contributed by atoms with E-state index in [1.54, 1.807) is 7.11 Å². The van der Waals surface area contributed by atoms with Crippen LogP contribution >= 0.6 is 0 Å². The highest BCUT2D eigenvalue weighted by atomic mass is 16.5. The number of benzene rings is 2. The second kappa shape index (κ2) is 9.78. The number of rotatable bonds is 8. The Morgan fingerprint density at radius 1 is 1.07 bits per heavy atom. The van der Waals surface area contributed by atoms with Gasteiger partial charge in [-0.25, -0.2) is 0 Å². The van der Waals surface area contributed by atoms with Crippen molar-refractivity contribution >= 4 is 5.91 Å². The molecule has 0 fully saturated rings. The van der Waals surface area contributed by atoms with Crippen molar-refractivity contribution in [1.29, 1.82) is 0 Å². The summed E-state index contributed by atoms with van der Waals surface area (Å²) in [6.07, 6.45) is 1.18. The Kier molecular flexibility index (Phi) is 6.91. The van der Waals surface area contributed by atoms with Crippen LogP contribution in [0.1, 0.15) is 41.6 Å². The fourth-order valence-electron chi connectivity index (χ4n) is 3.02. The fraction of sp³-hybridized carbons (Fsp3) is 0.250. The summed E-state index contributed by atoms with van der Waals surface area (Å²) in [6, 6.07) is 17.9. The zero-order valence-corrected chi connectivity index (χ0v) is 17.3. The quantitative estimate of drug-likeness (QED) is 0.600. The van der Waals surface area contributed by atoms with Crippen LogP contribution in [0.2, 0.25) is 0 Å². The molecule has 1 heterocycles. The van der Waals surface area contributed by atoms with E-state index in [1.807, 2.05) is 68.4 Å². The smallest absolute Gasteiger partial charge is 0.287 e. The molecule has 156 valence electrons. The summed E-state index contributed by atoms with van der Waals surface area (Å²) in [5, 5.41) is 2.94. The highest BCUT2D eigenvalue weighted by molar-refractivity contribution is 5.91. The number of hydrogen-bond acceptors (Lipinski definition) is 5. The Morgan fingerprint density at radius 3 is 2.37 bits per heavy atom. The molecule has 1 unspecified atom stereocenters. The Hall–Kier alpha value is -3.54. The average molecular weight is 407 g/mol. The van der Waals surface area contributed by atoms with Crippen molar-refractivity contribution in [2.75, 3.05) is 7.11 Å². The third-order valence-corrected chi connectivity index (χ3v) is 4.69. The first-order chi connectivity index (χ1) is 14.5. The molecule has 0 saturated carbocycles. The van der Waals surface area contributed by atoms with Gasteiger partial charge in [-0.15, -0.1) is 0 Å². The summed E-state index contributed by atoms with van der Waals surface area (Å²) >= 11 is 0. The Morgan fingerprint density at radius 2 is 1.77 bits per heavy atom. The lowest BCUT2D eigenvalue weighted by Crippen LogP contribution is -2.32. The predicted molar refractivity (Wildman–Crippen MR) is 114 cm³/mol. The molecule has 2 aromatic carbocycles. The molecule has 1 aromatic heterocycles. The van der Waals surface area contributed by atoms with Crippen molar-refractivity contribution in [3.8, 4) is 11.5 Å². The molecule has 1 atom stereocenters. The molecule has 0 aliphatic carbocycles. The van der Waals surface area contributed by atoms with Crippen LogP contribution in [0.15, 0.2) is 76.1 Å². The van der Waals surface area contributed by atoms with Crippen molar-refractivity contribution in [1.82, 2.24) is 5.32 Å². The lowest BCUT2D eigenvalue weighted by Gasteiger charge is -2.22. The third kappa shape index (κ3) is 5.29. The Labute approximate surface area is 175 Å². The van der Waals surface area contributed by atoms with Crippen molar-refractivity contribution in [3.63, 3.8) is 0 Å². The van der Waals surface area contributed by atoms with Crippen LogP contribution in [0.5, 0.6) is 11.5 Å². The number of carbonyl (C=O) groups excluding carboxylic acids is 1. The first-order valence-corrected chi connectivity index (χ1v) is 9.72. The second-order valence-electron chi connectivity index (χ2n) is 7.22. The maximum absolute atomic E-state index is 12.7. The average Bonchev–Trinajstić information content (AvgIpc) is 2.77. The van der Waals surface area contributed by atoms with E-state index in [9.17, 15) is 9.59 Å². The van der Waals surface area contributed by atoms with Crippen LogP contribution < -0.4 is 20.2 Å². The van der Waals surface area contributed by atoms with Crippen molar-refractivity contribution in [2.45, 2.75) is 26.5 Å². The number of carbonyl (C=O) groups is 1. The normalized spacial score (nSPS) is 11.7. The number of nitrogens with one attached hydrogen (secondary N) is 1. The minimum Gasteiger partial charge on any atom is -0.497 e. The zero-order valence-electron chi connectivity index (χ0n) is 17.3. The summed E-state index contributed by atoms with van der Waals surface area (Å²) in [7, 11) is 1.60. The van der Waals surface area contributed by atoms with E-state index < -0.39 is 11.3 Å². The maximum atomic E-state index is 12.7. The first kappa shape index (κ1) is 21.2. The van der Waals surface area contributed by atoms with Gasteiger partial charge in [-0.3, -0.25) is 9.59 Å². The van der Waals surface area contributed by atoms with E-state index >= 15 is 0 Å². The summed E-state index contributed by atoms with van der Waals surface area (Å²) in [5.74, 6) is 0.403. The van der Waals surface area contributed by atoms with Gasteiger partial charge in [0.05, 0.1) is 13.2 Å². The predicted octanol–water partition coefficient (Wildman–Crippen LogP) is 4.35. The number of amides is 1. The minimum absolute atomic E-state index is 0.0611. The SMILES string of the molecule is COc1ccc(C(NC(=O)c2cc(=O)c(OCc3ccccc3)co2)C(C)C)cc1. The van der Waals surface area contributed by atoms with Crippen LogP contribution in [0.4, 0.5) is 0 Å². The van der Waals surface area contributed by atoms with E-state index in [-0.39, 0.29) is 30.1 Å². The Balaban J connectivity index is 1.70. The molecule has 0 aliphatic heterocycles. The molecule has 3 aromatic rings. The molecule has 0 radical (unpaired) electrons. The van der Waals surface area contributed by atoms with E-state index in [0.29, 0.717) is 0 Å². The molecule has 0 bridgehead atoms. The van der Waals surface area contributed by atoms with Gasteiger partial charge in [0, 0.05) is 6.07 Å². The fourth-order valence-corrected chi connectivity index (χ4v) is 3.02. The van der Waals surface area contributed by atoms with Gasteiger partial charge < -0.3 is 19.2 Å². The summed E-state index contributed by atoms with van der Waals surface area (Å²) < 4.78 is 16.1. The summed E-state index contributed by atoms with van der Waals surface area (Å²) in [6.45, 7) is 4.25. The van der Waals surface area contributed by atoms with Crippen molar-refractivity contribution in [3.05, 3.63) is 94.0 Å². The highest BCUT2D eigenvalue weighted by Crippen LogP contribution is 2.24. The molecule has 30 heavy (non-hydrogen) atoms. The molecular formula is C24H25NO5. The van der Waals surface area contributed by atoms with E-state index in [0.717, 1.165) is 22.9 Å². The molecule has 6 heteroatoms. The van der Waals surface area contributed by atoms with Crippen LogP contribution in [0.25, 0.3) is 0 Å². The van der Waals surface area contributed by atoms with Crippen molar-refractivity contribution < 1.29 is 18.7 Å². The standard InChI is InChI=1S/C24H25NO5/c1-16(2)23(18-9-11-19(28-3)12-10-18)25-24(27)21-13-20(26)22(15-30-21)29-14-17-7-5-4-6-8-17/h4-13,15-16,23H,14H2,1-3H3,(H,25,27). The third-order valence-electron chi connectivity index (χ3n) is 4.69. The lowest BCUT2D eigenvalue weighted by molar-refractivity contribution is 0.0894. The molecule has 1 N–H and O–H groups in total. The Bertz CT molecular complexity index is 1030. The molecule has 1 amide bonds. The first-order valence-electron chi connectivity index (χ1n) is 9.72. The van der Waals surface area contributed by atoms with Gasteiger partial charge in [-0.1, -0.05) is 56.3 Å². The van der Waals surface area contributed by atoms with Crippen LogP contribution in [-0.2, 0) is 6.61 Å². The van der Waals surface area contributed by atoms with E-state index in [1.165, 1.54) is 6.26 Å². The number of methoxy groups -OCH3 is 1. The zero-order chi connectivity index (χ0) is 21.5. The largest absolute Gasteiger partial charge is 0.497 e. The summed E-state index contributed by atoms with van der Waals surface area (Å²) in [4.78, 5) is 25.0. The van der Waals surface area contributed by atoms with Crippen LogP contribution in [0, 0.1) is 5.92 Å². The molecule has 0 aliphatic rings. The van der Waals surface area contributed by atoms with Gasteiger partial charge in [0.1, 0.15) is 18.6 Å². The second-order valence-corrected chi connectivity index (χ2v) is 7.22. The van der Waals surface area contributed by atoms with Gasteiger partial charge in [0.2, 0.25) is 11.2 Å². The molecule has 6 nitrogen and oxygen atoms in total. The minimum atomic E-state index is -0.462. The highest BCUT2D eigenvalue weighted by Gasteiger charge is 2.21. The maximum Gasteiger partial charge on any atom is 0.287 e. The van der Waals surface area contributed by atoms with Gasteiger partial charge in [-0.05, 0) is 29.2 Å². The topological polar surface area (TPSA) is 77.8 Å². The lowest BCUT2D eigenvalue weighted by atomic mass is 9.96. The van der Waals surface area contributed by atoms with Crippen LogP contribution in [0.3, 0.4) is 0 Å². The summed E-state index contributed by atoms with van der Waals surface area (Å²) in [5.41, 5.74) is 1.45.